The third-order valence-electron chi connectivity index (χ3n) is 5.69. The number of amides is 1. The van der Waals surface area contributed by atoms with Crippen LogP contribution in [0.3, 0.4) is 0 Å². The summed E-state index contributed by atoms with van der Waals surface area (Å²) in [5.41, 5.74) is 7.98. The Kier molecular flexibility index (Phi) is 6.36. The Balaban J connectivity index is 1.95. The minimum absolute atomic E-state index is 0.139. The average molecular weight is 508 g/mol. The molecule has 0 bridgehead atoms. The van der Waals surface area contributed by atoms with E-state index in [4.69, 9.17) is 16.6 Å². The fourth-order valence-corrected chi connectivity index (χ4v) is 4.78. The quantitative estimate of drug-likeness (QED) is 0.303. The molecule has 1 aromatic heterocycles. The van der Waals surface area contributed by atoms with Crippen molar-refractivity contribution in [3.8, 4) is 11.3 Å². The van der Waals surface area contributed by atoms with E-state index in [0.717, 1.165) is 61.0 Å². The van der Waals surface area contributed by atoms with Crippen molar-refractivity contribution >= 4 is 50.0 Å². The Bertz CT molecular complexity index is 1360. The van der Waals surface area contributed by atoms with Gasteiger partial charge < -0.3 is 5.32 Å². The van der Waals surface area contributed by atoms with Crippen molar-refractivity contribution in [3.05, 3.63) is 91.9 Å². The van der Waals surface area contributed by atoms with E-state index in [1.165, 1.54) is 0 Å². The van der Waals surface area contributed by atoms with Crippen LogP contribution in [-0.4, -0.2) is 10.9 Å². The summed E-state index contributed by atoms with van der Waals surface area (Å²) in [6, 6.07) is 17.7. The highest BCUT2D eigenvalue weighted by molar-refractivity contribution is 9.10. The number of rotatable bonds is 4. The van der Waals surface area contributed by atoms with E-state index in [-0.39, 0.29) is 5.91 Å². The largest absolute Gasteiger partial charge is 0.322 e. The summed E-state index contributed by atoms with van der Waals surface area (Å²) in [5.74, 6) is -0.139. The number of carbonyl (C=O) groups is 1. The minimum atomic E-state index is -0.139. The summed E-state index contributed by atoms with van der Waals surface area (Å²) in [7, 11) is 0. The van der Waals surface area contributed by atoms with Gasteiger partial charge in [-0.25, -0.2) is 4.98 Å². The van der Waals surface area contributed by atoms with Gasteiger partial charge in [-0.2, -0.15) is 0 Å². The monoisotopic (exact) mass is 506 g/mol. The van der Waals surface area contributed by atoms with E-state index in [1.54, 1.807) is 0 Å². The zero-order chi connectivity index (χ0) is 23.0. The molecule has 1 N–H and O–H groups in total. The van der Waals surface area contributed by atoms with E-state index < -0.39 is 0 Å². The Morgan fingerprint density at radius 1 is 1.06 bits per heavy atom. The van der Waals surface area contributed by atoms with Gasteiger partial charge in [-0.1, -0.05) is 58.2 Å². The molecule has 5 heteroatoms. The number of fused-ring (bicyclic) bond motifs is 1. The first kappa shape index (κ1) is 22.5. The second-order valence-corrected chi connectivity index (χ2v) is 9.41. The molecule has 4 rings (SSSR count). The van der Waals surface area contributed by atoms with Crippen LogP contribution in [0.15, 0.2) is 59.1 Å². The summed E-state index contributed by atoms with van der Waals surface area (Å²) in [5, 5.41) is 4.65. The summed E-state index contributed by atoms with van der Waals surface area (Å²) >= 11 is 9.78. The van der Waals surface area contributed by atoms with Crippen molar-refractivity contribution in [2.45, 2.75) is 34.1 Å². The second kappa shape index (κ2) is 9.05. The minimum Gasteiger partial charge on any atom is -0.322 e. The predicted molar refractivity (Wildman–Crippen MR) is 138 cm³/mol. The van der Waals surface area contributed by atoms with E-state index in [1.807, 2.05) is 69.3 Å². The first-order valence-corrected chi connectivity index (χ1v) is 11.7. The third-order valence-corrected chi connectivity index (χ3v) is 6.42. The molecular formula is C27H24BrClN2O. The number of nitrogens with one attached hydrogen (secondary N) is 1. The molecule has 0 aliphatic heterocycles. The van der Waals surface area contributed by atoms with Gasteiger partial charge in [0.25, 0.3) is 5.91 Å². The number of nitrogens with zero attached hydrogens (tertiary/aromatic N) is 1. The first-order chi connectivity index (χ1) is 15.3. The normalized spacial score (nSPS) is 11.1. The van der Waals surface area contributed by atoms with E-state index in [0.29, 0.717) is 10.6 Å². The second-order valence-electron chi connectivity index (χ2n) is 8.06. The highest BCUT2D eigenvalue weighted by atomic mass is 79.9. The van der Waals surface area contributed by atoms with Gasteiger partial charge in [0.2, 0.25) is 0 Å². The number of aryl methyl sites for hydroxylation is 3. The molecule has 0 unspecified atom stereocenters. The molecule has 1 amide bonds. The topological polar surface area (TPSA) is 42.0 Å². The van der Waals surface area contributed by atoms with Gasteiger partial charge in [0, 0.05) is 26.1 Å². The van der Waals surface area contributed by atoms with Crippen LogP contribution < -0.4 is 5.32 Å². The molecule has 1 heterocycles. The van der Waals surface area contributed by atoms with Gasteiger partial charge in [-0.3, -0.25) is 4.79 Å². The van der Waals surface area contributed by atoms with E-state index in [9.17, 15) is 4.79 Å². The van der Waals surface area contributed by atoms with Gasteiger partial charge in [-0.05, 0) is 80.3 Å². The number of hydrogen-bond donors (Lipinski definition) is 1. The maximum Gasteiger partial charge on any atom is 0.256 e. The van der Waals surface area contributed by atoms with Gasteiger partial charge in [0.05, 0.1) is 16.8 Å². The summed E-state index contributed by atoms with van der Waals surface area (Å²) in [6.45, 7) is 8.11. The lowest BCUT2D eigenvalue weighted by Crippen LogP contribution is -2.16. The molecule has 32 heavy (non-hydrogen) atoms. The average Bonchev–Trinajstić information content (AvgIpc) is 2.74. The van der Waals surface area contributed by atoms with Gasteiger partial charge in [0.1, 0.15) is 0 Å². The molecule has 0 saturated carbocycles. The zero-order valence-electron chi connectivity index (χ0n) is 18.5. The standard InChI is InChI=1S/C27H24BrClN2O/c1-5-18-13-20(28)9-10-23(18)30-27(32)24-17(4)26(19-7-6-8-21(29)14-19)31-25-16(3)11-15(2)12-22(24)25/h6-14H,5H2,1-4H3,(H,30,32). The Hall–Kier alpha value is -2.69. The maximum atomic E-state index is 13.7. The molecule has 0 aliphatic carbocycles. The van der Waals surface area contributed by atoms with E-state index >= 15 is 0 Å². The van der Waals surface area contributed by atoms with Crippen molar-refractivity contribution < 1.29 is 4.79 Å². The predicted octanol–water partition coefficient (Wildman–Crippen LogP) is 8.06. The molecule has 162 valence electrons. The molecule has 0 saturated heterocycles. The van der Waals surface area contributed by atoms with Crippen LogP contribution in [0.1, 0.15) is 39.5 Å². The van der Waals surface area contributed by atoms with Crippen LogP contribution in [0.2, 0.25) is 5.02 Å². The number of anilines is 1. The molecule has 0 radical (unpaired) electrons. The van der Waals surface area contributed by atoms with Crippen molar-refractivity contribution in [3.63, 3.8) is 0 Å². The smallest absolute Gasteiger partial charge is 0.256 e. The van der Waals surface area contributed by atoms with Crippen LogP contribution in [-0.2, 0) is 6.42 Å². The van der Waals surface area contributed by atoms with Crippen LogP contribution in [0.5, 0.6) is 0 Å². The Morgan fingerprint density at radius 2 is 1.84 bits per heavy atom. The molecule has 3 aromatic carbocycles. The van der Waals surface area contributed by atoms with Crippen molar-refractivity contribution in [1.29, 1.82) is 0 Å². The van der Waals surface area contributed by atoms with Crippen LogP contribution in [0.4, 0.5) is 5.69 Å². The fourth-order valence-electron chi connectivity index (χ4n) is 4.19. The van der Waals surface area contributed by atoms with E-state index in [2.05, 4.69) is 34.2 Å². The molecule has 0 fully saturated rings. The first-order valence-electron chi connectivity index (χ1n) is 10.6. The highest BCUT2D eigenvalue weighted by Crippen LogP contribution is 2.33. The van der Waals surface area contributed by atoms with Crippen molar-refractivity contribution in [1.82, 2.24) is 4.98 Å². The number of aromatic nitrogens is 1. The van der Waals surface area contributed by atoms with Crippen molar-refractivity contribution in [2.75, 3.05) is 5.32 Å². The van der Waals surface area contributed by atoms with Crippen molar-refractivity contribution in [2.24, 2.45) is 0 Å². The highest BCUT2D eigenvalue weighted by Gasteiger charge is 2.21. The van der Waals surface area contributed by atoms with Gasteiger partial charge in [0.15, 0.2) is 0 Å². The number of pyridine rings is 1. The fraction of sp³-hybridized carbons (Fsp3) is 0.185. The van der Waals surface area contributed by atoms with Gasteiger partial charge >= 0.3 is 0 Å². The molecular weight excluding hydrogens is 484 g/mol. The lowest BCUT2D eigenvalue weighted by molar-refractivity contribution is 0.102. The lowest BCUT2D eigenvalue weighted by Gasteiger charge is -2.18. The Morgan fingerprint density at radius 3 is 2.56 bits per heavy atom. The van der Waals surface area contributed by atoms with Crippen LogP contribution in [0, 0.1) is 20.8 Å². The molecule has 4 aromatic rings. The lowest BCUT2D eigenvalue weighted by atomic mass is 9.94. The van der Waals surface area contributed by atoms with Crippen LogP contribution >= 0.6 is 27.5 Å². The maximum absolute atomic E-state index is 13.7. The molecule has 0 spiro atoms. The number of hydrogen-bond acceptors (Lipinski definition) is 2. The molecule has 0 atom stereocenters. The van der Waals surface area contributed by atoms with Gasteiger partial charge in [-0.15, -0.1) is 0 Å². The SMILES string of the molecule is CCc1cc(Br)ccc1NC(=O)c1c(C)c(-c2cccc(Cl)c2)nc2c(C)cc(C)cc12. The Labute approximate surface area is 202 Å². The molecule has 0 aliphatic rings. The third kappa shape index (κ3) is 4.30. The van der Waals surface area contributed by atoms with Crippen LogP contribution in [0.25, 0.3) is 22.2 Å². The zero-order valence-corrected chi connectivity index (χ0v) is 20.9. The summed E-state index contributed by atoms with van der Waals surface area (Å²) < 4.78 is 0.993. The summed E-state index contributed by atoms with van der Waals surface area (Å²) in [4.78, 5) is 18.7. The number of carbonyl (C=O) groups excluding carboxylic acids is 1. The molecule has 3 nitrogen and oxygen atoms in total. The number of halogens is 2. The summed E-state index contributed by atoms with van der Waals surface area (Å²) in [6.07, 6.45) is 0.817. The number of benzene rings is 3.